The Kier molecular flexibility index (Phi) is 9.47. The first-order valence-corrected chi connectivity index (χ1v) is 13.2. The first-order valence-electron chi connectivity index (χ1n) is 13.2. The van der Waals surface area contributed by atoms with E-state index in [0.29, 0.717) is 36.7 Å². The number of hydrogen-bond acceptors (Lipinski definition) is 7. The Hall–Kier alpha value is -3.92. The van der Waals surface area contributed by atoms with Crippen LogP contribution in [-0.2, 0) is 9.53 Å². The van der Waals surface area contributed by atoms with E-state index in [1.165, 1.54) is 6.42 Å². The summed E-state index contributed by atoms with van der Waals surface area (Å²) in [6.07, 6.45) is 9.53. The van der Waals surface area contributed by atoms with Crippen molar-refractivity contribution in [2.24, 2.45) is 0 Å². The molecule has 192 valence electrons. The minimum Gasteiger partial charge on any atom is -0.464 e. The number of unbranched alkanes of at least 4 members (excludes halogenated alkanes) is 4. The molecule has 7 nitrogen and oxygen atoms in total. The van der Waals surface area contributed by atoms with Gasteiger partial charge in [0.25, 0.3) is 0 Å². The fourth-order valence-electron chi connectivity index (χ4n) is 4.46. The smallest absolute Gasteiger partial charge is 0.329 e. The van der Waals surface area contributed by atoms with Gasteiger partial charge in [0.15, 0.2) is 11.7 Å². The highest BCUT2D eigenvalue weighted by atomic mass is 16.5. The van der Waals surface area contributed by atoms with Crippen molar-refractivity contribution < 1.29 is 9.53 Å². The maximum absolute atomic E-state index is 13.0. The number of carbonyl (C=O) groups excluding carboxylic acids is 1. The summed E-state index contributed by atoms with van der Waals surface area (Å²) in [6.45, 7) is 5.52. The molecule has 4 rings (SSSR count). The molecule has 2 heterocycles. The van der Waals surface area contributed by atoms with E-state index in [1.54, 1.807) is 0 Å². The predicted molar refractivity (Wildman–Crippen MR) is 147 cm³/mol. The van der Waals surface area contributed by atoms with Crippen LogP contribution in [0.1, 0.15) is 56.2 Å². The molecule has 7 heteroatoms. The number of hydrogen-bond donors (Lipinski definition) is 0. The molecule has 1 aliphatic rings. The molecule has 1 unspecified atom stereocenters. The number of ether oxygens (including phenoxy) is 1. The average molecular weight is 498 g/mol. The number of nitriles is 1. The van der Waals surface area contributed by atoms with Gasteiger partial charge in [-0.1, -0.05) is 75.1 Å². The van der Waals surface area contributed by atoms with Crippen molar-refractivity contribution in [3.8, 4) is 6.07 Å². The fraction of sp³-hybridized carbons (Fsp3) is 0.400. The van der Waals surface area contributed by atoms with Crippen LogP contribution in [-0.4, -0.2) is 53.6 Å². The van der Waals surface area contributed by atoms with Crippen LogP contribution < -0.4 is 4.90 Å². The lowest BCUT2D eigenvalue weighted by Gasteiger charge is -2.35. The van der Waals surface area contributed by atoms with Gasteiger partial charge in [0, 0.05) is 26.2 Å². The summed E-state index contributed by atoms with van der Waals surface area (Å²) in [4.78, 5) is 27.0. The summed E-state index contributed by atoms with van der Waals surface area (Å²) >= 11 is 0. The topological polar surface area (TPSA) is 82.3 Å². The first kappa shape index (κ1) is 26.2. The van der Waals surface area contributed by atoms with Crippen molar-refractivity contribution in [3.05, 3.63) is 72.1 Å². The molecule has 1 atom stereocenters. The van der Waals surface area contributed by atoms with Gasteiger partial charge >= 0.3 is 5.97 Å². The fourth-order valence-corrected chi connectivity index (χ4v) is 4.46. The molecule has 1 aliphatic heterocycles. The number of nitrogens with zero attached hydrogens (tertiary/aromatic N) is 5. The maximum atomic E-state index is 13.0. The summed E-state index contributed by atoms with van der Waals surface area (Å²) < 4.78 is 5.51. The van der Waals surface area contributed by atoms with Gasteiger partial charge in [-0.3, -0.25) is 4.79 Å². The molecule has 0 spiro atoms. The number of anilines is 1. The van der Waals surface area contributed by atoms with Crippen molar-refractivity contribution >= 4 is 28.9 Å². The van der Waals surface area contributed by atoms with E-state index in [4.69, 9.17) is 14.7 Å². The maximum Gasteiger partial charge on any atom is 0.329 e. The highest BCUT2D eigenvalue weighted by Crippen LogP contribution is 2.29. The Labute approximate surface area is 219 Å². The Morgan fingerprint density at radius 3 is 2.35 bits per heavy atom. The van der Waals surface area contributed by atoms with Gasteiger partial charge < -0.3 is 14.5 Å². The van der Waals surface area contributed by atoms with Gasteiger partial charge in [-0.25, -0.2) is 9.97 Å². The zero-order chi connectivity index (χ0) is 25.9. The normalized spacial score (nSPS) is 14.6. The molecule has 0 amide bonds. The van der Waals surface area contributed by atoms with Crippen LogP contribution in [0.3, 0.4) is 0 Å². The van der Waals surface area contributed by atoms with E-state index in [1.807, 2.05) is 42.5 Å². The number of benzene rings is 2. The van der Waals surface area contributed by atoms with Crippen LogP contribution in [0.4, 0.5) is 5.82 Å². The summed E-state index contributed by atoms with van der Waals surface area (Å²) in [5.74, 6) is -1.07. The zero-order valence-electron chi connectivity index (χ0n) is 21.6. The standard InChI is InChI=1S/C30H35N5O2/c1-2-3-4-5-11-22-37-30(36)25(23-31)28-29(33-27-15-10-9-14-26(27)32-28)35-20-18-34(19-21-35)17-16-24-12-7-6-8-13-24/h6-10,12-17,25H,2-5,11,18-22H2,1H3/b17-16+. The predicted octanol–water partition coefficient (Wildman–Crippen LogP) is 5.54. The molecule has 1 aromatic heterocycles. The SMILES string of the molecule is CCCCCCCOC(=O)C(C#N)c1nc2ccccc2nc1N1CCN(/C=C/c2ccccc2)CC1. The third-order valence-electron chi connectivity index (χ3n) is 6.60. The second-order valence-corrected chi connectivity index (χ2v) is 9.31. The summed E-state index contributed by atoms with van der Waals surface area (Å²) in [6, 6.07) is 19.9. The zero-order valence-corrected chi connectivity index (χ0v) is 21.6. The van der Waals surface area contributed by atoms with E-state index in [2.05, 4.69) is 47.2 Å². The number of piperazine rings is 1. The van der Waals surface area contributed by atoms with Crippen molar-refractivity contribution in [1.82, 2.24) is 14.9 Å². The molecule has 0 radical (unpaired) electrons. The highest BCUT2D eigenvalue weighted by molar-refractivity contribution is 5.85. The summed E-state index contributed by atoms with van der Waals surface area (Å²) in [5.41, 5.74) is 2.95. The van der Waals surface area contributed by atoms with Crippen LogP contribution in [0, 0.1) is 11.3 Å². The first-order chi connectivity index (χ1) is 18.2. The average Bonchev–Trinajstić information content (AvgIpc) is 2.94. The summed E-state index contributed by atoms with van der Waals surface area (Å²) in [5, 5.41) is 9.98. The Balaban J connectivity index is 1.48. The molecule has 2 aromatic carbocycles. The molecule has 3 aromatic rings. The highest BCUT2D eigenvalue weighted by Gasteiger charge is 2.31. The quantitative estimate of drug-likeness (QED) is 0.254. The molecule has 0 N–H and O–H groups in total. The van der Waals surface area contributed by atoms with Crippen LogP contribution in [0.15, 0.2) is 60.8 Å². The lowest BCUT2D eigenvalue weighted by molar-refractivity contribution is -0.144. The van der Waals surface area contributed by atoms with Crippen molar-refractivity contribution in [3.63, 3.8) is 0 Å². The third kappa shape index (κ3) is 7.07. The molecule has 0 bridgehead atoms. The van der Waals surface area contributed by atoms with Gasteiger partial charge in [0.1, 0.15) is 5.69 Å². The molecular formula is C30H35N5O2. The monoisotopic (exact) mass is 497 g/mol. The number of para-hydroxylation sites is 2. The Bertz CT molecular complexity index is 1230. The van der Waals surface area contributed by atoms with Gasteiger partial charge in [-0.05, 0) is 36.4 Å². The number of fused-ring (bicyclic) bond motifs is 1. The number of rotatable bonds is 11. The van der Waals surface area contributed by atoms with Crippen LogP contribution in [0.25, 0.3) is 17.1 Å². The number of carbonyl (C=O) groups is 1. The van der Waals surface area contributed by atoms with Gasteiger partial charge in [0.05, 0.1) is 23.7 Å². The second kappa shape index (κ2) is 13.4. The number of aromatic nitrogens is 2. The van der Waals surface area contributed by atoms with Gasteiger partial charge in [-0.15, -0.1) is 0 Å². The van der Waals surface area contributed by atoms with Crippen LogP contribution in [0.2, 0.25) is 0 Å². The van der Waals surface area contributed by atoms with Crippen molar-refractivity contribution in [2.45, 2.75) is 44.9 Å². The molecule has 37 heavy (non-hydrogen) atoms. The number of esters is 1. The van der Waals surface area contributed by atoms with E-state index >= 15 is 0 Å². The van der Waals surface area contributed by atoms with E-state index in [0.717, 1.165) is 49.9 Å². The molecule has 0 saturated carbocycles. The largest absolute Gasteiger partial charge is 0.464 e. The van der Waals surface area contributed by atoms with Gasteiger partial charge in [-0.2, -0.15) is 5.26 Å². The molecular weight excluding hydrogens is 462 g/mol. The Morgan fingerprint density at radius 1 is 0.973 bits per heavy atom. The molecule has 0 aliphatic carbocycles. The lowest BCUT2D eigenvalue weighted by Crippen LogP contribution is -2.45. The second-order valence-electron chi connectivity index (χ2n) is 9.31. The minimum absolute atomic E-state index is 0.323. The minimum atomic E-state index is -1.11. The van der Waals surface area contributed by atoms with Gasteiger partial charge in [0.2, 0.25) is 0 Å². The van der Waals surface area contributed by atoms with E-state index in [-0.39, 0.29) is 0 Å². The van der Waals surface area contributed by atoms with Crippen LogP contribution in [0.5, 0.6) is 0 Å². The Morgan fingerprint density at radius 2 is 1.65 bits per heavy atom. The van der Waals surface area contributed by atoms with Crippen LogP contribution >= 0.6 is 0 Å². The molecule has 1 saturated heterocycles. The third-order valence-corrected chi connectivity index (χ3v) is 6.60. The van der Waals surface area contributed by atoms with E-state index < -0.39 is 11.9 Å². The molecule has 1 fully saturated rings. The van der Waals surface area contributed by atoms with Crippen molar-refractivity contribution in [1.29, 1.82) is 5.26 Å². The van der Waals surface area contributed by atoms with Crippen molar-refractivity contribution in [2.75, 3.05) is 37.7 Å². The summed E-state index contributed by atoms with van der Waals surface area (Å²) in [7, 11) is 0. The lowest BCUT2D eigenvalue weighted by atomic mass is 10.1. The van der Waals surface area contributed by atoms with E-state index in [9.17, 15) is 10.1 Å².